The van der Waals surface area contributed by atoms with E-state index in [2.05, 4.69) is 4.74 Å². The summed E-state index contributed by atoms with van der Waals surface area (Å²) in [6.07, 6.45) is 3.49. The Hall–Kier alpha value is -0.570. The zero-order valence-electron chi connectivity index (χ0n) is 7.64. The van der Waals surface area contributed by atoms with Gasteiger partial charge in [0.15, 0.2) is 0 Å². The highest BCUT2D eigenvalue weighted by Crippen LogP contribution is 2.43. The molecule has 0 amide bonds. The van der Waals surface area contributed by atoms with Crippen molar-refractivity contribution in [3.63, 3.8) is 0 Å². The van der Waals surface area contributed by atoms with Gasteiger partial charge in [0, 0.05) is 0 Å². The number of hydrogen-bond acceptors (Lipinski definition) is 3. The van der Waals surface area contributed by atoms with Crippen LogP contribution in [-0.2, 0) is 14.3 Å². The number of carbonyl (C=O) groups is 2. The fourth-order valence-electron chi connectivity index (χ4n) is 1.84. The number of ether oxygens (including phenoxy) is 1. The Morgan fingerprint density at radius 3 is 2.31 bits per heavy atom. The second-order valence-electron chi connectivity index (χ2n) is 3.51. The van der Waals surface area contributed by atoms with Gasteiger partial charge in [-0.1, -0.05) is 12.8 Å². The average Bonchev–Trinajstić information content (AvgIpc) is 2.54. The van der Waals surface area contributed by atoms with Crippen molar-refractivity contribution in [1.82, 2.24) is 0 Å². The molecule has 4 heteroatoms. The Labute approximate surface area is 82.4 Å². The summed E-state index contributed by atoms with van der Waals surface area (Å²) in [6.45, 7) is 0. The summed E-state index contributed by atoms with van der Waals surface area (Å²) in [6, 6.07) is 0. The molecule has 0 heterocycles. The van der Waals surface area contributed by atoms with Gasteiger partial charge in [0.25, 0.3) is 0 Å². The van der Waals surface area contributed by atoms with Gasteiger partial charge in [-0.05, 0) is 24.4 Å². The highest BCUT2D eigenvalue weighted by Gasteiger charge is 2.42. The predicted octanol–water partition coefficient (Wildman–Crippen LogP) is 1.88. The van der Waals surface area contributed by atoms with Crippen LogP contribution in [0.5, 0.6) is 0 Å². The molecule has 0 N–H and O–H groups in total. The minimum Gasteiger partial charge on any atom is -0.469 e. The molecule has 0 atom stereocenters. The molecule has 1 aliphatic carbocycles. The third kappa shape index (κ3) is 2.21. The molecule has 13 heavy (non-hydrogen) atoms. The first-order valence-electron chi connectivity index (χ1n) is 4.37. The van der Waals surface area contributed by atoms with Crippen molar-refractivity contribution < 1.29 is 14.3 Å². The maximum absolute atomic E-state index is 11.2. The first-order valence-corrected chi connectivity index (χ1v) is 4.75. The van der Waals surface area contributed by atoms with Crippen molar-refractivity contribution in [3.05, 3.63) is 0 Å². The topological polar surface area (TPSA) is 43.4 Å². The molecule has 0 radical (unpaired) electrons. The summed E-state index contributed by atoms with van der Waals surface area (Å²) in [5, 5.41) is -0.393. The summed E-state index contributed by atoms with van der Waals surface area (Å²) in [7, 11) is 1.32. The summed E-state index contributed by atoms with van der Waals surface area (Å²) < 4.78 is 4.54. The highest BCUT2D eigenvalue weighted by molar-refractivity contribution is 6.64. The highest BCUT2D eigenvalue weighted by atomic mass is 35.5. The maximum atomic E-state index is 11.2. The number of methoxy groups -OCH3 is 1. The lowest BCUT2D eigenvalue weighted by molar-refractivity contribution is -0.145. The minimum atomic E-state index is -0.630. The van der Waals surface area contributed by atoms with Crippen molar-refractivity contribution >= 4 is 22.8 Å². The van der Waals surface area contributed by atoms with Crippen LogP contribution in [-0.4, -0.2) is 18.3 Å². The zero-order chi connectivity index (χ0) is 9.90. The molecule has 74 valence electrons. The molecule has 0 aromatic heterocycles. The van der Waals surface area contributed by atoms with E-state index < -0.39 is 10.7 Å². The fraction of sp³-hybridized carbons (Fsp3) is 0.778. The Morgan fingerprint density at radius 2 is 1.92 bits per heavy atom. The predicted molar refractivity (Wildman–Crippen MR) is 48.4 cm³/mol. The molecule has 1 aliphatic rings. The number of hydrogen-bond donors (Lipinski definition) is 0. The van der Waals surface area contributed by atoms with E-state index in [0.717, 1.165) is 12.8 Å². The van der Waals surface area contributed by atoms with Crippen LogP contribution < -0.4 is 0 Å². The number of carbonyl (C=O) groups excluding carboxylic acids is 2. The van der Waals surface area contributed by atoms with Crippen molar-refractivity contribution in [1.29, 1.82) is 0 Å². The third-order valence-electron chi connectivity index (χ3n) is 2.69. The normalized spacial score (nSPS) is 19.8. The van der Waals surface area contributed by atoms with Gasteiger partial charge >= 0.3 is 5.97 Å². The molecule has 0 aliphatic heterocycles. The van der Waals surface area contributed by atoms with Crippen molar-refractivity contribution in [2.24, 2.45) is 5.41 Å². The van der Waals surface area contributed by atoms with Gasteiger partial charge < -0.3 is 4.74 Å². The van der Waals surface area contributed by atoms with Gasteiger partial charge in [0.05, 0.1) is 18.9 Å². The Balaban J connectivity index is 2.68. The van der Waals surface area contributed by atoms with Gasteiger partial charge in [-0.2, -0.15) is 0 Å². The van der Waals surface area contributed by atoms with Crippen LogP contribution in [0.15, 0.2) is 0 Å². The number of halogens is 1. The molecule has 0 aromatic carbocycles. The summed E-state index contributed by atoms with van der Waals surface area (Å²) >= 11 is 5.50. The molecule has 3 nitrogen and oxygen atoms in total. The average molecular weight is 205 g/mol. The lowest BCUT2D eigenvalue weighted by Gasteiger charge is -2.22. The second-order valence-corrected chi connectivity index (χ2v) is 3.86. The SMILES string of the molecule is COC(=O)CC1(C(=O)Cl)CCCC1. The van der Waals surface area contributed by atoms with Crippen molar-refractivity contribution in [3.8, 4) is 0 Å². The first kappa shape index (κ1) is 10.5. The van der Waals surface area contributed by atoms with Crippen molar-refractivity contribution in [2.75, 3.05) is 7.11 Å². The Morgan fingerprint density at radius 1 is 1.38 bits per heavy atom. The van der Waals surface area contributed by atoms with E-state index in [1.54, 1.807) is 0 Å². The lowest BCUT2D eigenvalue weighted by atomic mass is 9.84. The van der Waals surface area contributed by atoms with Gasteiger partial charge in [-0.25, -0.2) is 0 Å². The molecule has 0 aromatic rings. The molecule has 0 saturated heterocycles. The van der Waals surface area contributed by atoms with E-state index in [-0.39, 0.29) is 12.4 Å². The quantitative estimate of drug-likeness (QED) is 0.521. The van der Waals surface area contributed by atoms with Crippen molar-refractivity contribution in [2.45, 2.75) is 32.1 Å². The van der Waals surface area contributed by atoms with E-state index in [1.165, 1.54) is 7.11 Å². The minimum absolute atomic E-state index is 0.131. The molecule has 0 bridgehead atoms. The van der Waals surface area contributed by atoms with Gasteiger partial charge in [0.2, 0.25) is 5.24 Å². The Bertz CT molecular complexity index is 219. The smallest absolute Gasteiger partial charge is 0.306 e. The van der Waals surface area contributed by atoms with E-state index in [9.17, 15) is 9.59 Å². The van der Waals surface area contributed by atoms with Crippen LogP contribution in [0.25, 0.3) is 0 Å². The Kier molecular flexibility index (Phi) is 3.31. The van der Waals surface area contributed by atoms with Crippen LogP contribution in [0.3, 0.4) is 0 Å². The molecular formula is C9H13ClO3. The van der Waals surface area contributed by atoms with E-state index in [4.69, 9.17) is 11.6 Å². The number of esters is 1. The van der Waals surface area contributed by atoms with Crippen LogP contribution in [0.4, 0.5) is 0 Å². The molecule has 1 saturated carbocycles. The van der Waals surface area contributed by atoms with Gasteiger partial charge in [-0.15, -0.1) is 0 Å². The summed E-state index contributed by atoms with van der Waals surface area (Å²) in [5.74, 6) is -0.351. The second kappa shape index (κ2) is 4.09. The molecule has 0 spiro atoms. The van der Waals surface area contributed by atoms with Crippen LogP contribution in [0.1, 0.15) is 32.1 Å². The first-order chi connectivity index (χ1) is 6.10. The van der Waals surface area contributed by atoms with E-state index >= 15 is 0 Å². The summed E-state index contributed by atoms with van der Waals surface area (Å²) in [5.41, 5.74) is -0.630. The molecule has 1 rings (SSSR count). The fourth-order valence-corrected chi connectivity index (χ4v) is 2.10. The van der Waals surface area contributed by atoms with Gasteiger partial charge in [-0.3, -0.25) is 9.59 Å². The maximum Gasteiger partial charge on any atom is 0.306 e. The lowest BCUT2D eigenvalue weighted by Crippen LogP contribution is -2.27. The molecular weight excluding hydrogens is 192 g/mol. The van der Waals surface area contributed by atoms with Crippen LogP contribution >= 0.6 is 11.6 Å². The molecule has 0 unspecified atom stereocenters. The van der Waals surface area contributed by atoms with E-state index in [0.29, 0.717) is 12.8 Å². The zero-order valence-corrected chi connectivity index (χ0v) is 8.39. The van der Waals surface area contributed by atoms with Gasteiger partial charge in [0.1, 0.15) is 0 Å². The van der Waals surface area contributed by atoms with E-state index in [1.807, 2.05) is 0 Å². The standard InChI is InChI=1S/C9H13ClO3/c1-13-7(11)6-9(8(10)12)4-2-3-5-9/h2-6H2,1H3. The summed E-state index contributed by atoms with van der Waals surface area (Å²) in [4.78, 5) is 22.2. The third-order valence-corrected chi connectivity index (χ3v) is 3.09. The monoisotopic (exact) mass is 204 g/mol. The van der Waals surface area contributed by atoms with Crippen LogP contribution in [0, 0.1) is 5.41 Å². The molecule has 1 fully saturated rings. The number of rotatable bonds is 3. The van der Waals surface area contributed by atoms with Crippen LogP contribution in [0.2, 0.25) is 0 Å². The largest absolute Gasteiger partial charge is 0.469 e.